The van der Waals surface area contributed by atoms with E-state index in [1.165, 1.54) is 20.4 Å². The quantitative estimate of drug-likeness (QED) is 0.745. The van der Waals surface area contributed by atoms with Crippen LogP contribution in [0.25, 0.3) is 0 Å². The molecule has 0 saturated carbocycles. The van der Waals surface area contributed by atoms with E-state index in [0.717, 1.165) is 8.28 Å². The third kappa shape index (κ3) is 1.86. The number of rotatable bonds is 2. The zero-order valence-corrected chi connectivity index (χ0v) is 10.5. The highest BCUT2D eigenvalue weighted by Crippen LogP contribution is 2.12. The van der Waals surface area contributed by atoms with Crippen LogP contribution in [0.2, 0.25) is 0 Å². The van der Waals surface area contributed by atoms with Crippen LogP contribution in [0.1, 0.15) is 5.69 Å². The average molecular weight is 315 g/mol. The van der Waals surface area contributed by atoms with Crippen molar-refractivity contribution in [1.29, 1.82) is 0 Å². The number of hydrogen-bond donors (Lipinski definition) is 0. The Kier molecular flexibility index (Phi) is 2.98. The van der Waals surface area contributed by atoms with Gasteiger partial charge in [-0.05, 0) is 29.5 Å². The van der Waals surface area contributed by atoms with E-state index in [4.69, 9.17) is 0 Å². The maximum Gasteiger partial charge on any atom is 0.308 e. The van der Waals surface area contributed by atoms with Crippen molar-refractivity contribution in [2.45, 2.75) is 6.92 Å². The lowest BCUT2D eigenvalue weighted by Crippen LogP contribution is -2.29. The highest BCUT2D eigenvalue weighted by atomic mass is 127. The van der Waals surface area contributed by atoms with Crippen molar-refractivity contribution in [1.82, 2.24) is 13.3 Å². The van der Waals surface area contributed by atoms with E-state index in [2.05, 4.69) is 4.98 Å². The molecule has 0 fully saturated rings. The first-order valence-electron chi connectivity index (χ1n) is 3.50. The molecule has 0 saturated heterocycles. The largest absolute Gasteiger partial charge is 0.308 e. The van der Waals surface area contributed by atoms with Crippen LogP contribution >= 0.6 is 22.6 Å². The summed E-state index contributed by atoms with van der Waals surface area (Å²) >= 11 is 1.99. The van der Waals surface area contributed by atoms with Crippen LogP contribution in [-0.4, -0.2) is 35.8 Å². The SMILES string of the molecule is Cc1c(I)ncn1S(=O)(=O)N(C)C. The predicted octanol–water partition coefficient (Wildman–Crippen LogP) is 0.451. The third-order valence-corrected chi connectivity index (χ3v) is 4.46. The van der Waals surface area contributed by atoms with E-state index in [1.807, 2.05) is 22.6 Å². The first-order valence-corrected chi connectivity index (χ1v) is 5.97. The first-order chi connectivity index (χ1) is 5.87. The van der Waals surface area contributed by atoms with Crippen LogP contribution in [0.15, 0.2) is 6.33 Å². The molecule has 0 atom stereocenters. The van der Waals surface area contributed by atoms with Crippen LogP contribution < -0.4 is 0 Å². The molecule has 0 radical (unpaired) electrons. The number of nitrogens with zero attached hydrogens (tertiary/aromatic N) is 3. The second kappa shape index (κ2) is 3.54. The highest BCUT2D eigenvalue weighted by Gasteiger charge is 2.19. The minimum absolute atomic E-state index is 0.634. The number of aromatic nitrogens is 2. The number of imidazole rings is 1. The fourth-order valence-corrected chi connectivity index (χ4v) is 2.28. The van der Waals surface area contributed by atoms with Gasteiger partial charge in [-0.15, -0.1) is 0 Å². The van der Waals surface area contributed by atoms with Gasteiger partial charge in [-0.25, -0.2) is 8.96 Å². The summed E-state index contributed by atoms with van der Waals surface area (Å²) < 4.78 is 26.2. The second-order valence-corrected chi connectivity index (χ2v) is 5.75. The number of halogens is 1. The van der Waals surface area contributed by atoms with Crippen molar-refractivity contribution in [3.8, 4) is 0 Å². The molecule has 0 N–H and O–H groups in total. The standard InChI is InChI=1S/C6H10IN3O2S/c1-5-6(7)8-4-10(5)13(11,12)9(2)3/h4H,1-3H3. The van der Waals surface area contributed by atoms with Gasteiger partial charge in [0.25, 0.3) is 0 Å². The molecule has 0 aliphatic rings. The van der Waals surface area contributed by atoms with E-state index in [1.54, 1.807) is 6.92 Å². The Morgan fingerprint density at radius 3 is 2.38 bits per heavy atom. The molecule has 0 aromatic carbocycles. The molecule has 0 aliphatic carbocycles. The monoisotopic (exact) mass is 315 g/mol. The summed E-state index contributed by atoms with van der Waals surface area (Å²) in [7, 11) is -0.429. The lowest BCUT2D eigenvalue weighted by Gasteiger charge is -2.12. The Hall–Kier alpha value is -0.150. The molecule has 7 heteroatoms. The van der Waals surface area contributed by atoms with Crippen molar-refractivity contribution in [2.75, 3.05) is 14.1 Å². The van der Waals surface area contributed by atoms with Gasteiger partial charge in [-0.3, -0.25) is 0 Å². The topological polar surface area (TPSA) is 55.2 Å². The van der Waals surface area contributed by atoms with E-state index >= 15 is 0 Å². The highest BCUT2D eigenvalue weighted by molar-refractivity contribution is 14.1. The van der Waals surface area contributed by atoms with Gasteiger partial charge in [-0.2, -0.15) is 12.7 Å². The Balaban J connectivity index is 3.32. The summed E-state index contributed by atoms with van der Waals surface area (Å²) in [6, 6.07) is 0. The molecule has 0 unspecified atom stereocenters. The van der Waals surface area contributed by atoms with E-state index < -0.39 is 10.2 Å². The molecule has 5 nitrogen and oxygen atoms in total. The molecule has 0 spiro atoms. The van der Waals surface area contributed by atoms with Crippen LogP contribution in [-0.2, 0) is 10.2 Å². The molecule has 1 heterocycles. The lowest BCUT2D eigenvalue weighted by atomic mass is 10.6. The van der Waals surface area contributed by atoms with Gasteiger partial charge in [-0.1, -0.05) is 0 Å². The third-order valence-electron chi connectivity index (χ3n) is 1.62. The van der Waals surface area contributed by atoms with E-state index in [0.29, 0.717) is 9.39 Å². The Bertz CT molecular complexity index is 410. The minimum Gasteiger partial charge on any atom is -0.229 e. The van der Waals surface area contributed by atoms with Crippen LogP contribution in [0, 0.1) is 10.6 Å². The molecular formula is C6H10IN3O2S. The van der Waals surface area contributed by atoms with Gasteiger partial charge in [0.15, 0.2) is 0 Å². The van der Waals surface area contributed by atoms with Crippen molar-refractivity contribution in [3.63, 3.8) is 0 Å². The zero-order chi connectivity index (χ0) is 10.2. The van der Waals surface area contributed by atoms with Crippen LogP contribution in [0.4, 0.5) is 0 Å². The molecule has 0 aliphatic heterocycles. The second-order valence-electron chi connectivity index (χ2n) is 2.71. The summed E-state index contributed by atoms with van der Waals surface area (Å²) in [6.45, 7) is 1.72. The Labute approximate surface area is 91.1 Å². The number of hydrogen-bond acceptors (Lipinski definition) is 3. The van der Waals surface area contributed by atoms with Gasteiger partial charge in [0.1, 0.15) is 10.0 Å². The zero-order valence-electron chi connectivity index (χ0n) is 7.52. The maximum atomic E-state index is 11.6. The normalized spacial score (nSPS) is 12.4. The summed E-state index contributed by atoms with van der Waals surface area (Å²) in [5.41, 5.74) is 0.634. The van der Waals surface area contributed by atoms with E-state index in [-0.39, 0.29) is 0 Å². The van der Waals surface area contributed by atoms with Crippen molar-refractivity contribution >= 4 is 32.8 Å². The molecule has 74 valence electrons. The minimum atomic E-state index is -3.40. The van der Waals surface area contributed by atoms with Gasteiger partial charge >= 0.3 is 10.2 Å². The average Bonchev–Trinajstić information content (AvgIpc) is 2.33. The van der Waals surface area contributed by atoms with Gasteiger partial charge in [0, 0.05) is 14.1 Å². The summed E-state index contributed by atoms with van der Waals surface area (Å²) in [4.78, 5) is 3.91. The molecule has 1 aromatic rings. The molecule has 0 amide bonds. The maximum absolute atomic E-state index is 11.6. The van der Waals surface area contributed by atoms with Crippen LogP contribution in [0.3, 0.4) is 0 Å². The van der Waals surface area contributed by atoms with Crippen LogP contribution in [0.5, 0.6) is 0 Å². The van der Waals surface area contributed by atoms with Crippen molar-refractivity contribution < 1.29 is 8.42 Å². The molecule has 1 rings (SSSR count). The lowest BCUT2D eigenvalue weighted by molar-refractivity contribution is 0.509. The smallest absolute Gasteiger partial charge is 0.229 e. The summed E-state index contributed by atoms with van der Waals surface area (Å²) in [6.07, 6.45) is 1.31. The molecule has 13 heavy (non-hydrogen) atoms. The molecule has 0 bridgehead atoms. The van der Waals surface area contributed by atoms with Crippen molar-refractivity contribution in [3.05, 3.63) is 15.7 Å². The molecular weight excluding hydrogens is 305 g/mol. The van der Waals surface area contributed by atoms with Gasteiger partial charge < -0.3 is 0 Å². The first kappa shape index (κ1) is 10.9. The Morgan fingerprint density at radius 2 is 2.08 bits per heavy atom. The summed E-state index contributed by atoms with van der Waals surface area (Å²) in [5, 5.41) is 0. The van der Waals surface area contributed by atoms with E-state index in [9.17, 15) is 8.42 Å². The van der Waals surface area contributed by atoms with Gasteiger partial charge in [0.2, 0.25) is 0 Å². The predicted molar refractivity (Wildman–Crippen MR) is 57.7 cm³/mol. The molecule has 1 aromatic heterocycles. The fourth-order valence-electron chi connectivity index (χ4n) is 0.783. The fraction of sp³-hybridized carbons (Fsp3) is 0.500. The van der Waals surface area contributed by atoms with Crippen molar-refractivity contribution in [2.24, 2.45) is 0 Å². The van der Waals surface area contributed by atoms with Gasteiger partial charge in [0.05, 0.1) is 5.69 Å². The summed E-state index contributed by atoms with van der Waals surface area (Å²) in [5.74, 6) is 0. The Morgan fingerprint density at radius 1 is 1.54 bits per heavy atom.